The van der Waals surface area contributed by atoms with E-state index in [0.717, 1.165) is 0 Å². The van der Waals surface area contributed by atoms with E-state index in [2.05, 4.69) is 5.32 Å². The number of hydrogen-bond donors (Lipinski definition) is 2. The number of nitrogens with zero attached hydrogens (tertiary/aromatic N) is 2. The normalized spacial score (nSPS) is 18.6. The summed E-state index contributed by atoms with van der Waals surface area (Å²) in [5, 5.41) is 11.9. The van der Waals surface area contributed by atoms with Crippen LogP contribution in [0.3, 0.4) is 0 Å². The highest BCUT2D eigenvalue weighted by atomic mass is 16.4. The Labute approximate surface area is 125 Å². The summed E-state index contributed by atoms with van der Waals surface area (Å²) in [5.41, 5.74) is -1.25. The molecule has 120 valence electrons. The zero-order valence-corrected chi connectivity index (χ0v) is 13.0. The fourth-order valence-electron chi connectivity index (χ4n) is 2.47. The monoisotopic (exact) mass is 299 g/mol. The number of carboxylic acid groups (broad SMARTS) is 1. The molecule has 1 saturated heterocycles. The van der Waals surface area contributed by atoms with Gasteiger partial charge in [-0.15, -0.1) is 0 Å². The van der Waals surface area contributed by atoms with Gasteiger partial charge in [-0.05, 0) is 19.8 Å². The summed E-state index contributed by atoms with van der Waals surface area (Å²) in [4.78, 5) is 38.3. The van der Waals surface area contributed by atoms with Gasteiger partial charge in [-0.2, -0.15) is 0 Å². The molecule has 1 fully saturated rings. The molecule has 0 aliphatic carbocycles. The van der Waals surface area contributed by atoms with Crippen LogP contribution >= 0.6 is 0 Å². The minimum Gasteiger partial charge on any atom is -0.480 e. The topological polar surface area (TPSA) is 90.0 Å². The third kappa shape index (κ3) is 4.61. The fourth-order valence-corrected chi connectivity index (χ4v) is 2.47. The zero-order valence-electron chi connectivity index (χ0n) is 13.0. The van der Waals surface area contributed by atoms with Crippen LogP contribution in [-0.2, 0) is 9.59 Å². The number of nitrogens with one attached hydrogen (secondary N) is 1. The van der Waals surface area contributed by atoms with E-state index >= 15 is 0 Å². The number of aliphatic carboxylic acids is 1. The average Bonchev–Trinajstić information content (AvgIpc) is 2.64. The summed E-state index contributed by atoms with van der Waals surface area (Å²) in [7, 11) is 0. The Hall–Kier alpha value is -1.79. The Bertz CT molecular complexity index is 413. The van der Waals surface area contributed by atoms with Crippen LogP contribution in [0.15, 0.2) is 0 Å². The summed E-state index contributed by atoms with van der Waals surface area (Å²) in [6.45, 7) is 6.98. The molecule has 1 unspecified atom stereocenters. The van der Waals surface area contributed by atoms with Crippen molar-refractivity contribution in [3.63, 3.8) is 0 Å². The third-order valence-electron chi connectivity index (χ3n) is 3.83. The quantitative estimate of drug-likeness (QED) is 0.807. The van der Waals surface area contributed by atoms with Gasteiger partial charge in [0.2, 0.25) is 5.91 Å². The van der Waals surface area contributed by atoms with Crippen molar-refractivity contribution in [2.75, 3.05) is 26.2 Å². The van der Waals surface area contributed by atoms with Crippen molar-refractivity contribution in [2.45, 2.75) is 45.6 Å². The van der Waals surface area contributed by atoms with Crippen molar-refractivity contribution in [1.82, 2.24) is 15.1 Å². The number of urea groups is 1. The van der Waals surface area contributed by atoms with E-state index < -0.39 is 11.5 Å². The molecule has 1 aliphatic heterocycles. The summed E-state index contributed by atoms with van der Waals surface area (Å²) < 4.78 is 0. The molecule has 0 spiro atoms. The smallest absolute Gasteiger partial charge is 0.329 e. The lowest BCUT2D eigenvalue weighted by Crippen LogP contribution is -2.56. The predicted molar refractivity (Wildman–Crippen MR) is 77.9 cm³/mol. The van der Waals surface area contributed by atoms with Gasteiger partial charge in [0.05, 0.1) is 0 Å². The van der Waals surface area contributed by atoms with Crippen LogP contribution in [0.1, 0.15) is 40.0 Å². The second-order valence-corrected chi connectivity index (χ2v) is 5.66. The van der Waals surface area contributed by atoms with Crippen molar-refractivity contribution in [1.29, 1.82) is 0 Å². The molecular formula is C14H25N3O4. The molecule has 0 radical (unpaired) electrons. The van der Waals surface area contributed by atoms with E-state index in [-0.39, 0.29) is 11.9 Å². The number of carboxylic acids is 1. The number of amides is 3. The van der Waals surface area contributed by atoms with Gasteiger partial charge in [-0.25, -0.2) is 9.59 Å². The maximum Gasteiger partial charge on any atom is 0.329 e. The number of carbonyl (C=O) groups excluding carboxylic acids is 2. The highest BCUT2D eigenvalue weighted by Gasteiger charge is 2.35. The Balaban J connectivity index is 2.66. The van der Waals surface area contributed by atoms with Gasteiger partial charge in [0.1, 0.15) is 5.54 Å². The Kier molecular flexibility index (Phi) is 5.99. The molecule has 2 N–H and O–H groups in total. The minimum absolute atomic E-state index is 0.00128. The fraction of sp³-hybridized carbons (Fsp3) is 0.786. The van der Waals surface area contributed by atoms with E-state index in [1.807, 2.05) is 6.92 Å². The van der Waals surface area contributed by atoms with Gasteiger partial charge in [0, 0.05) is 33.1 Å². The predicted octanol–water partition coefficient (Wildman–Crippen LogP) is 0.894. The van der Waals surface area contributed by atoms with Crippen LogP contribution < -0.4 is 5.32 Å². The van der Waals surface area contributed by atoms with Crippen LogP contribution in [0, 0.1) is 0 Å². The standard InChI is InChI=1S/C14H25N3O4/c1-4-6-14(3,12(19)20)15-13(21)17-8-5-7-16(9-10-17)11(2)18/h4-10H2,1-3H3,(H,15,21)(H,19,20). The molecule has 0 aromatic heterocycles. The third-order valence-corrected chi connectivity index (χ3v) is 3.83. The molecule has 0 aromatic carbocycles. The lowest BCUT2D eigenvalue weighted by Gasteiger charge is -2.30. The van der Waals surface area contributed by atoms with Crippen molar-refractivity contribution in [3.05, 3.63) is 0 Å². The zero-order chi connectivity index (χ0) is 16.0. The lowest BCUT2D eigenvalue weighted by atomic mass is 9.96. The van der Waals surface area contributed by atoms with Gasteiger partial charge in [0.15, 0.2) is 0 Å². The van der Waals surface area contributed by atoms with Crippen molar-refractivity contribution in [3.8, 4) is 0 Å². The highest BCUT2D eigenvalue weighted by Crippen LogP contribution is 2.14. The van der Waals surface area contributed by atoms with E-state index in [0.29, 0.717) is 45.4 Å². The van der Waals surface area contributed by atoms with Crippen LogP contribution in [0.5, 0.6) is 0 Å². The van der Waals surface area contributed by atoms with Gasteiger partial charge in [-0.3, -0.25) is 4.79 Å². The molecule has 7 heteroatoms. The lowest BCUT2D eigenvalue weighted by molar-refractivity contribution is -0.144. The number of hydrogen-bond acceptors (Lipinski definition) is 3. The van der Waals surface area contributed by atoms with Gasteiger partial charge >= 0.3 is 12.0 Å². The van der Waals surface area contributed by atoms with Crippen molar-refractivity contribution < 1.29 is 19.5 Å². The van der Waals surface area contributed by atoms with Gasteiger partial charge < -0.3 is 20.2 Å². The largest absolute Gasteiger partial charge is 0.480 e. The summed E-state index contributed by atoms with van der Waals surface area (Å²) in [6.07, 6.45) is 1.74. The molecule has 1 atom stereocenters. The SMILES string of the molecule is CCCC(C)(NC(=O)N1CCCN(C(C)=O)CC1)C(=O)O. The van der Waals surface area contributed by atoms with Crippen LogP contribution in [0.25, 0.3) is 0 Å². The van der Waals surface area contributed by atoms with Crippen LogP contribution in [0.4, 0.5) is 4.79 Å². The van der Waals surface area contributed by atoms with E-state index in [1.54, 1.807) is 9.80 Å². The number of carbonyl (C=O) groups is 3. The Morgan fingerprint density at radius 3 is 2.24 bits per heavy atom. The second kappa shape index (κ2) is 7.28. The number of rotatable bonds is 4. The first-order valence-electron chi connectivity index (χ1n) is 7.36. The molecule has 21 heavy (non-hydrogen) atoms. The Morgan fingerprint density at radius 1 is 1.14 bits per heavy atom. The average molecular weight is 299 g/mol. The van der Waals surface area contributed by atoms with E-state index in [4.69, 9.17) is 0 Å². The summed E-state index contributed by atoms with van der Waals surface area (Å²) in [5.74, 6) is -1.03. The molecule has 3 amide bonds. The van der Waals surface area contributed by atoms with E-state index in [9.17, 15) is 19.5 Å². The molecule has 0 bridgehead atoms. The van der Waals surface area contributed by atoms with Gasteiger partial charge in [0.25, 0.3) is 0 Å². The second-order valence-electron chi connectivity index (χ2n) is 5.66. The summed E-state index contributed by atoms with van der Waals surface area (Å²) >= 11 is 0. The van der Waals surface area contributed by atoms with E-state index in [1.165, 1.54) is 13.8 Å². The van der Waals surface area contributed by atoms with Crippen molar-refractivity contribution in [2.24, 2.45) is 0 Å². The molecule has 7 nitrogen and oxygen atoms in total. The maximum absolute atomic E-state index is 12.3. The summed E-state index contributed by atoms with van der Waals surface area (Å²) in [6, 6.07) is -0.376. The molecule has 0 aromatic rings. The maximum atomic E-state index is 12.3. The first-order chi connectivity index (χ1) is 9.80. The molecule has 1 aliphatic rings. The van der Waals surface area contributed by atoms with Gasteiger partial charge in [-0.1, -0.05) is 13.3 Å². The highest BCUT2D eigenvalue weighted by molar-refractivity contribution is 5.86. The molecular weight excluding hydrogens is 274 g/mol. The first kappa shape index (κ1) is 17.3. The molecule has 1 heterocycles. The molecule has 1 rings (SSSR count). The Morgan fingerprint density at radius 2 is 1.71 bits per heavy atom. The van der Waals surface area contributed by atoms with Crippen molar-refractivity contribution >= 4 is 17.9 Å². The first-order valence-corrected chi connectivity index (χ1v) is 7.36. The minimum atomic E-state index is -1.25. The van der Waals surface area contributed by atoms with Crippen LogP contribution in [-0.4, -0.2) is 64.5 Å². The molecule has 0 saturated carbocycles. The van der Waals surface area contributed by atoms with Crippen LogP contribution in [0.2, 0.25) is 0 Å².